The van der Waals surface area contributed by atoms with Crippen LogP contribution in [0.2, 0.25) is 0 Å². The molecule has 0 fully saturated rings. The number of carbonyl (C=O) groups excluding carboxylic acids is 1. The standard InChI is InChI=1S/C18H17NO3/c1-13-6-9-17(22-13)18(20)19-10-11-21-16-8-7-14-4-2-3-5-15(14)12-16/h2-9,12H,10-11H2,1H3,(H,19,20). The molecule has 0 unspecified atom stereocenters. The Morgan fingerprint density at radius 3 is 2.68 bits per heavy atom. The first-order valence-corrected chi connectivity index (χ1v) is 7.18. The zero-order valence-electron chi connectivity index (χ0n) is 12.3. The molecule has 4 heteroatoms. The number of rotatable bonds is 5. The van der Waals surface area contributed by atoms with Gasteiger partial charge in [-0.15, -0.1) is 0 Å². The van der Waals surface area contributed by atoms with Crippen LogP contribution in [-0.2, 0) is 0 Å². The molecule has 0 spiro atoms. The van der Waals surface area contributed by atoms with Crippen molar-refractivity contribution in [3.8, 4) is 5.75 Å². The predicted molar refractivity (Wildman–Crippen MR) is 85.2 cm³/mol. The third kappa shape index (κ3) is 3.28. The van der Waals surface area contributed by atoms with Crippen molar-refractivity contribution in [1.29, 1.82) is 0 Å². The van der Waals surface area contributed by atoms with E-state index in [1.54, 1.807) is 19.1 Å². The highest BCUT2D eigenvalue weighted by Gasteiger charge is 2.08. The fourth-order valence-electron chi connectivity index (χ4n) is 2.23. The Kier molecular flexibility index (Phi) is 4.10. The maximum atomic E-state index is 11.8. The van der Waals surface area contributed by atoms with Crippen molar-refractivity contribution in [1.82, 2.24) is 5.32 Å². The van der Waals surface area contributed by atoms with Gasteiger partial charge in [0.1, 0.15) is 18.1 Å². The number of aryl methyl sites for hydroxylation is 1. The molecule has 0 bridgehead atoms. The zero-order chi connectivity index (χ0) is 15.4. The number of benzene rings is 2. The highest BCUT2D eigenvalue weighted by atomic mass is 16.5. The molecule has 0 aliphatic carbocycles. The molecular formula is C18H17NO3. The fraction of sp³-hybridized carbons (Fsp3) is 0.167. The molecule has 1 amide bonds. The van der Waals surface area contributed by atoms with Gasteiger partial charge >= 0.3 is 0 Å². The van der Waals surface area contributed by atoms with E-state index >= 15 is 0 Å². The molecule has 22 heavy (non-hydrogen) atoms. The summed E-state index contributed by atoms with van der Waals surface area (Å²) < 4.78 is 10.9. The van der Waals surface area contributed by atoms with Crippen molar-refractivity contribution in [2.24, 2.45) is 0 Å². The SMILES string of the molecule is Cc1ccc(C(=O)NCCOc2ccc3ccccc3c2)o1. The largest absolute Gasteiger partial charge is 0.492 e. The second-order valence-electron chi connectivity index (χ2n) is 5.02. The number of amides is 1. The molecule has 0 saturated heterocycles. The summed E-state index contributed by atoms with van der Waals surface area (Å²) in [5.74, 6) is 1.61. The predicted octanol–water partition coefficient (Wildman–Crippen LogP) is 3.55. The summed E-state index contributed by atoms with van der Waals surface area (Å²) in [6.07, 6.45) is 0. The molecule has 4 nitrogen and oxygen atoms in total. The summed E-state index contributed by atoms with van der Waals surface area (Å²) in [7, 11) is 0. The van der Waals surface area contributed by atoms with Crippen molar-refractivity contribution in [3.05, 3.63) is 66.1 Å². The van der Waals surface area contributed by atoms with Crippen LogP contribution in [0.5, 0.6) is 5.75 Å². The molecule has 112 valence electrons. The van der Waals surface area contributed by atoms with Gasteiger partial charge in [0.05, 0.1) is 6.54 Å². The van der Waals surface area contributed by atoms with E-state index < -0.39 is 0 Å². The molecule has 1 aromatic heterocycles. The molecule has 0 radical (unpaired) electrons. The van der Waals surface area contributed by atoms with Crippen LogP contribution in [0, 0.1) is 6.92 Å². The summed E-state index contributed by atoms with van der Waals surface area (Å²) in [5, 5.41) is 5.07. The number of carbonyl (C=O) groups is 1. The second-order valence-corrected chi connectivity index (χ2v) is 5.02. The number of nitrogens with one attached hydrogen (secondary N) is 1. The fourth-order valence-corrected chi connectivity index (χ4v) is 2.23. The van der Waals surface area contributed by atoms with Crippen LogP contribution in [0.4, 0.5) is 0 Å². The van der Waals surface area contributed by atoms with Crippen LogP contribution in [0.15, 0.2) is 59.0 Å². The van der Waals surface area contributed by atoms with Gasteiger partial charge in [-0.05, 0) is 42.0 Å². The van der Waals surface area contributed by atoms with Gasteiger partial charge in [0.15, 0.2) is 5.76 Å². The van der Waals surface area contributed by atoms with Gasteiger partial charge in [-0.1, -0.05) is 30.3 Å². The number of hydrogen-bond donors (Lipinski definition) is 1. The smallest absolute Gasteiger partial charge is 0.287 e. The van der Waals surface area contributed by atoms with Crippen LogP contribution in [0.1, 0.15) is 16.3 Å². The summed E-state index contributed by atoms with van der Waals surface area (Å²) in [6, 6.07) is 17.5. The Labute approximate surface area is 128 Å². The Hall–Kier alpha value is -2.75. The normalized spacial score (nSPS) is 10.6. The van der Waals surface area contributed by atoms with Crippen molar-refractivity contribution < 1.29 is 13.9 Å². The third-order valence-electron chi connectivity index (χ3n) is 3.34. The second kappa shape index (κ2) is 6.35. The van der Waals surface area contributed by atoms with Gasteiger partial charge in [0.2, 0.25) is 0 Å². The maximum absolute atomic E-state index is 11.8. The van der Waals surface area contributed by atoms with E-state index in [9.17, 15) is 4.79 Å². The molecule has 0 atom stereocenters. The van der Waals surface area contributed by atoms with E-state index in [-0.39, 0.29) is 5.91 Å². The average Bonchev–Trinajstić information content (AvgIpc) is 2.98. The van der Waals surface area contributed by atoms with Crippen LogP contribution in [0.3, 0.4) is 0 Å². The zero-order valence-corrected chi connectivity index (χ0v) is 12.3. The highest BCUT2D eigenvalue weighted by molar-refractivity contribution is 5.91. The lowest BCUT2D eigenvalue weighted by molar-refractivity contribution is 0.0918. The van der Waals surface area contributed by atoms with Crippen molar-refractivity contribution in [3.63, 3.8) is 0 Å². The van der Waals surface area contributed by atoms with E-state index in [1.807, 2.05) is 36.4 Å². The van der Waals surface area contributed by atoms with Gasteiger partial charge < -0.3 is 14.5 Å². The minimum absolute atomic E-state index is 0.227. The first-order chi connectivity index (χ1) is 10.7. The van der Waals surface area contributed by atoms with E-state index in [4.69, 9.17) is 9.15 Å². The lowest BCUT2D eigenvalue weighted by atomic mass is 10.1. The average molecular weight is 295 g/mol. The van der Waals surface area contributed by atoms with Crippen molar-refractivity contribution in [2.75, 3.05) is 13.2 Å². The van der Waals surface area contributed by atoms with E-state index in [2.05, 4.69) is 11.4 Å². The lowest BCUT2D eigenvalue weighted by Crippen LogP contribution is -2.27. The molecule has 2 aromatic carbocycles. The molecule has 0 saturated carbocycles. The Morgan fingerprint density at radius 1 is 1.09 bits per heavy atom. The summed E-state index contributed by atoms with van der Waals surface area (Å²) in [6.45, 7) is 2.63. The number of hydrogen-bond acceptors (Lipinski definition) is 3. The van der Waals surface area contributed by atoms with Crippen LogP contribution < -0.4 is 10.1 Å². The van der Waals surface area contributed by atoms with Crippen molar-refractivity contribution >= 4 is 16.7 Å². The lowest BCUT2D eigenvalue weighted by Gasteiger charge is -2.08. The van der Waals surface area contributed by atoms with Crippen LogP contribution >= 0.6 is 0 Å². The van der Waals surface area contributed by atoms with Crippen LogP contribution in [-0.4, -0.2) is 19.1 Å². The first-order valence-electron chi connectivity index (χ1n) is 7.18. The molecule has 0 aliphatic heterocycles. The topological polar surface area (TPSA) is 51.5 Å². The molecule has 3 aromatic rings. The maximum Gasteiger partial charge on any atom is 0.287 e. The minimum Gasteiger partial charge on any atom is -0.492 e. The van der Waals surface area contributed by atoms with Gasteiger partial charge in [0.25, 0.3) is 5.91 Å². The summed E-state index contributed by atoms with van der Waals surface area (Å²) >= 11 is 0. The summed E-state index contributed by atoms with van der Waals surface area (Å²) in [4.78, 5) is 11.8. The third-order valence-corrected chi connectivity index (χ3v) is 3.34. The quantitative estimate of drug-likeness (QED) is 0.732. The molecule has 1 heterocycles. The van der Waals surface area contributed by atoms with Gasteiger partial charge in [-0.25, -0.2) is 0 Å². The molecule has 1 N–H and O–H groups in total. The van der Waals surface area contributed by atoms with Gasteiger partial charge in [-0.3, -0.25) is 4.79 Å². The Morgan fingerprint density at radius 2 is 1.91 bits per heavy atom. The van der Waals surface area contributed by atoms with Crippen LogP contribution in [0.25, 0.3) is 10.8 Å². The highest BCUT2D eigenvalue weighted by Crippen LogP contribution is 2.20. The number of fused-ring (bicyclic) bond motifs is 1. The van der Waals surface area contributed by atoms with E-state index in [1.165, 1.54) is 5.39 Å². The Bertz CT molecular complexity index is 792. The Balaban J connectivity index is 1.51. The molecule has 3 rings (SSSR count). The minimum atomic E-state index is -0.227. The first kappa shape index (κ1) is 14.2. The number of furan rings is 1. The van der Waals surface area contributed by atoms with Crippen molar-refractivity contribution in [2.45, 2.75) is 6.92 Å². The molecule has 0 aliphatic rings. The van der Waals surface area contributed by atoms with E-state index in [0.717, 1.165) is 16.9 Å². The van der Waals surface area contributed by atoms with Gasteiger partial charge in [0, 0.05) is 0 Å². The molecular weight excluding hydrogens is 278 g/mol. The number of ether oxygens (including phenoxy) is 1. The summed E-state index contributed by atoms with van der Waals surface area (Å²) in [5.41, 5.74) is 0. The van der Waals surface area contributed by atoms with Gasteiger partial charge in [-0.2, -0.15) is 0 Å². The monoisotopic (exact) mass is 295 g/mol. The van der Waals surface area contributed by atoms with E-state index in [0.29, 0.717) is 18.9 Å².